The van der Waals surface area contributed by atoms with Crippen molar-refractivity contribution in [2.45, 2.75) is 275 Å². The fourth-order valence-corrected chi connectivity index (χ4v) is 10.4. The molecule has 0 aliphatic heterocycles. The SMILES string of the molecule is CCCCCCCCCCCCCCCCC(C)COC(=O)C(Cc1ccc(OP(OO)Oc2ccc(CC(C(=O)OCC(C)CCCCCCCCCCCCCCCC)C(C)(C)C)cc2)cc1)C(C)(C)C. The number of carbonyl (C=O) groups excluding carboxylic acids is 2. The Balaban J connectivity index is 1.72. The number of benzene rings is 2. The Morgan fingerprint density at radius 1 is 0.438 bits per heavy atom. The molecule has 1 N–H and O–H groups in total. The second-order valence-electron chi connectivity index (χ2n) is 24.3. The number of rotatable bonds is 45. The van der Waals surface area contributed by atoms with Crippen LogP contribution in [-0.4, -0.2) is 30.4 Å². The summed E-state index contributed by atoms with van der Waals surface area (Å²) in [6.07, 6.45) is 41.1. The first-order valence-corrected chi connectivity index (χ1v) is 31.2. The van der Waals surface area contributed by atoms with Crippen molar-refractivity contribution >= 4 is 20.5 Å². The highest BCUT2D eigenvalue weighted by Crippen LogP contribution is 2.41. The smallest absolute Gasteiger partial charge is 0.465 e. The highest BCUT2D eigenvalue weighted by molar-refractivity contribution is 7.42. The minimum atomic E-state index is -2.17. The Morgan fingerprint density at radius 2 is 0.699 bits per heavy atom. The fraction of sp³-hybridized carbons (Fsp3) is 0.781. The molecule has 0 bridgehead atoms. The van der Waals surface area contributed by atoms with E-state index in [1.807, 2.05) is 24.3 Å². The van der Waals surface area contributed by atoms with Gasteiger partial charge in [-0.25, -0.2) is 5.26 Å². The first-order chi connectivity index (χ1) is 35.1. The highest BCUT2D eigenvalue weighted by atomic mass is 31.2. The van der Waals surface area contributed by atoms with Crippen LogP contribution in [0.15, 0.2) is 48.5 Å². The van der Waals surface area contributed by atoms with E-state index in [0.29, 0.717) is 49.4 Å². The molecular weight excluding hydrogens is 928 g/mol. The van der Waals surface area contributed by atoms with Crippen molar-refractivity contribution in [1.82, 2.24) is 0 Å². The number of hydrogen-bond donors (Lipinski definition) is 1. The summed E-state index contributed by atoms with van der Waals surface area (Å²) in [4.78, 5) is 27.0. The standard InChI is InChI=1S/C64H111O8P/c1-11-13-15-17-19-21-23-25-27-29-31-33-35-37-39-53(3)51-68-61(65)59(63(5,6)7)49-55-41-45-57(46-42-55)70-73(72-67)71-58-47-43-56(44-48-58)50-60(64(8,9)10)62(66)69-52-54(4)40-38-36-34-32-30-28-26-24-22-20-18-16-14-12-2/h41-48,53-54,59-60,67H,11-40,49-52H2,1-10H3. The van der Waals surface area contributed by atoms with Gasteiger partial charge in [0.05, 0.1) is 25.0 Å². The van der Waals surface area contributed by atoms with E-state index in [2.05, 4.69) is 73.9 Å². The summed E-state index contributed by atoms with van der Waals surface area (Å²) in [6.45, 7) is 22.4. The van der Waals surface area contributed by atoms with E-state index < -0.39 is 8.60 Å². The average molecular weight is 1040 g/mol. The van der Waals surface area contributed by atoms with Gasteiger partial charge in [-0.2, -0.15) is 0 Å². The summed E-state index contributed by atoms with van der Waals surface area (Å²) in [6, 6.07) is 14.9. The third-order valence-electron chi connectivity index (χ3n) is 14.9. The quantitative estimate of drug-likeness (QED) is 0.0230. The van der Waals surface area contributed by atoms with Gasteiger partial charge in [0.1, 0.15) is 11.5 Å². The van der Waals surface area contributed by atoms with Crippen molar-refractivity contribution in [3.8, 4) is 11.5 Å². The molecule has 2 aromatic carbocycles. The molecule has 0 heterocycles. The van der Waals surface area contributed by atoms with E-state index in [4.69, 9.17) is 18.5 Å². The minimum Gasteiger partial charge on any atom is -0.465 e. The lowest BCUT2D eigenvalue weighted by atomic mass is 9.77. The number of carbonyl (C=O) groups is 2. The second kappa shape index (κ2) is 40.6. The van der Waals surface area contributed by atoms with Gasteiger partial charge in [0.15, 0.2) is 0 Å². The van der Waals surface area contributed by atoms with Crippen molar-refractivity contribution in [3.63, 3.8) is 0 Å². The van der Waals surface area contributed by atoms with Crippen LogP contribution in [0.3, 0.4) is 0 Å². The Morgan fingerprint density at radius 3 is 0.945 bits per heavy atom. The van der Waals surface area contributed by atoms with Crippen LogP contribution >= 0.6 is 8.60 Å². The molecule has 0 saturated carbocycles. The van der Waals surface area contributed by atoms with E-state index in [1.54, 1.807) is 24.3 Å². The minimum absolute atomic E-state index is 0.151. The zero-order chi connectivity index (χ0) is 53.6. The average Bonchev–Trinajstić information content (AvgIpc) is 3.35. The molecule has 2 rings (SSSR count). The molecule has 73 heavy (non-hydrogen) atoms. The summed E-state index contributed by atoms with van der Waals surface area (Å²) in [5.41, 5.74) is 1.40. The molecule has 9 heteroatoms. The summed E-state index contributed by atoms with van der Waals surface area (Å²) in [5, 5.41) is 9.74. The first kappa shape index (κ1) is 66.4. The lowest BCUT2D eigenvalue weighted by Gasteiger charge is -2.29. The van der Waals surface area contributed by atoms with Crippen LogP contribution in [0.1, 0.15) is 273 Å². The third-order valence-corrected chi connectivity index (χ3v) is 15.8. The zero-order valence-corrected chi connectivity index (χ0v) is 49.6. The van der Waals surface area contributed by atoms with E-state index in [1.165, 1.54) is 180 Å². The van der Waals surface area contributed by atoms with Crippen LogP contribution < -0.4 is 9.05 Å². The Labute approximate surface area is 450 Å². The molecule has 420 valence electrons. The van der Waals surface area contributed by atoms with Crippen LogP contribution in [0.5, 0.6) is 11.5 Å². The van der Waals surface area contributed by atoms with Crippen LogP contribution in [0.4, 0.5) is 0 Å². The molecule has 8 nitrogen and oxygen atoms in total. The molecule has 0 fully saturated rings. The van der Waals surface area contributed by atoms with E-state index in [9.17, 15) is 14.8 Å². The predicted octanol–water partition coefficient (Wildman–Crippen LogP) is 20.4. The maximum absolute atomic E-state index is 13.5. The topological polar surface area (TPSA) is 101 Å². The maximum atomic E-state index is 13.5. The van der Waals surface area contributed by atoms with Crippen LogP contribution in [-0.2, 0) is 36.6 Å². The first-order valence-electron chi connectivity index (χ1n) is 30.1. The molecule has 0 amide bonds. The monoisotopic (exact) mass is 1040 g/mol. The largest absolute Gasteiger partial charge is 0.492 e. The van der Waals surface area contributed by atoms with Gasteiger partial charge in [-0.3, -0.25) is 9.59 Å². The molecule has 0 aliphatic rings. The summed E-state index contributed by atoms with van der Waals surface area (Å²) in [7, 11) is -2.17. The van der Waals surface area contributed by atoms with Gasteiger partial charge < -0.3 is 18.5 Å². The summed E-state index contributed by atoms with van der Waals surface area (Å²) in [5.74, 6) is 0.692. The molecule has 0 radical (unpaired) electrons. The zero-order valence-electron chi connectivity index (χ0n) is 48.7. The van der Waals surface area contributed by atoms with Crippen LogP contribution in [0.2, 0.25) is 0 Å². The Kier molecular flexibility index (Phi) is 36.9. The third kappa shape index (κ3) is 33.2. The molecule has 2 aromatic rings. The van der Waals surface area contributed by atoms with Crippen molar-refractivity contribution < 1.29 is 38.0 Å². The van der Waals surface area contributed by atoms with Crippen molar-refractivity contribution in [2.24, 2.45) is 34.5 Å². The summed E-state index contributed by atoms with van der Waals surface area (Å²) < 4.78 is 28.3. The Hall–Kier alpha value is -2.67. The predicted molar refractivity (Wildman–Crippen MR) is 308 cm³/mol. The van der Waals surface area contributed by atoms with Crippen molar-refractivity contribution in [3.05, 3.63) is 59.7 Å². The molecule has 0 aromatic heterocycles. The van der Waals surface area contributed by atoms with Crippen molar-refractivity contribution in [1.29, 1.82) is 0 Å². The number of ether oxygens (including phenoxy) is 2. The van der Waals surface area contributed by atoms with E-state index in [-0.39, 0.29) is 34.6 Å². The Bertz CT molecular complexity index is 1510. The van der Waals surface area contributed by atoms with E-state index in [0.717, 1.165) is 24.0 Å². The maximum Gasteiger partial charge on any atom is 0.492 e. The molecule has 0 spiro atoms. The lowest BCUT2D eigenvalue weighted by molar-refractivity contribution is -0.154. The normalized spacial score (nSPS) is 14.1. The van der Waals surface area contributed by atoms with Gasteiger partial charge in [-0.05, 0) is 83.7 Å². The number of unbranched alkanes of at least 4 members (excludes halogenated alkanes) is 26. The van der Waals surface area contributed by atoms with Gasteiger partial charge in [0, 0.05) is 0 Å². The molecule has 0 saturated heterocycles. The molecular formula is C64H111O8P. The fourth-order valence-electron chi connectivity index (χ4n) is 9.75. The van der Waals surface area contributed by atoms with Crippen LogP contribution in [0, 0.1) is 34.5 Å². The molecule has 0 aliphatic carbocycles. The van der Waals surface area contributed by atoms with Crippen molar-refractivity contribution in [2.75, 3.05) is 13.2 Å². The lowest BCUT2D eigenvalue weighted by Crippen LogP contribution is -2.33. The molecule has 4 unspecified atom stereocenters. The highest BCUT2D eigenvalue weighted by Gasteiger charge is 2.34. The van der Waals surface area contributed by atoms with E-state index >= 15 is 0 Å². The number of esters is 2. The summed E-state index contributed by atoms with van der Waals surface area (Å²) >= 11 is 0. The number of hydrogen-bond acceptors (Lipinski definition) is 8. The van der Waals surface area contributed by atoms with Gasteiger partial charge in [0.25, 0.3) is 0 Å². The van der Waals surface area contributed by atoms with Crippen LogP contribution in [0.25, 0.3) is 0 Å². The molecule has 4 atom stereocenters. The van der Waals surface area contributed by atoms with Gasteiger partial charge >= 0.3 is 20.5 Å². The van der Waals surface area contributed by atoms with Gasteiger partial charge in [-0.1, -0.05) is 273 Å². The van der Waals surface area contributed by atoms with Gasteiger partial charge in [-0.15, -0.1) is 4.67 Å². The van der Waals surface area contributed by atoms with Gasteiger partial charge in [0.2, 0.25) is 0 Å². The second-order valence-corrected chi connectivity index (χ2v) is 25.2.